The van der Waals surface area contributed by atoms with Gasteiger partial charge in [0.05, 0.1) is 44.1 Å². The zero-order chi connectivity index (χ0) is 37.9. The number of fused-ring (bicyclic) bond motifs is 12. The molecule has 0 saturated carbocycles. The van der Waals surface area contributed by atoms with E-state index in [0.717, 1.165) is 22.7 Å². The molecule has 0 fully saturated rings. The predicted molar refractivity (Wildman–Crippen MR) is 244 cm³/mol. The molecule has 0 aliphatic heterocycles. The van der Waals surface area contributed by atoms with Crippen LogP contribution in [0.15, 0.2) is 206 Å². The number of hydrogen-bond donors (Lipinski definition) is 0. The Morgan fingerprint density at radius 3 is 0.603 bits per heavy atom. The van der Waals surface area contributed by atoms with Crippen molar-refractivity contribution in [2.75, 3.05) is 0 Å². The highest BCUT2D eigenvalue weighted by atomic mass is 15.0. The van der Waals surface area contributed by atoms with Crippen molar-refractivity contribution >= 4 is 87.2 Å². The Labute approximate surface area is 333 Å². The normalized spacial score (nSPS) is 12.1. The van der Waals surface area contributed by atoms with Crippen LogP contribution in [0.3, 0.4) is 0 Å². The molecule has 270 valence electrons. The van der Waals surface area contributed by atoms with Crippen molar-refractivity contribution in [2.24, 2.45) is 0 Å². The molecule has 0 saturated heterocycles. The third kappa shape index (κ3) is 4.29. The maximum Gasteiger partial charge on any atom is 0.0548 e. The van der Waals surface area contributed by atoms with E-state index in [-0.39, 0.29) is 0 Å². The van der Waals surface area contributed by atoms with E-state index < -0.39 is 0 Å². The van der Waals surface area contributed by atoms with Gasteiger partial charge in [0.15, 0.2) is 0 Å². The Hall–Kier alpha value is -7.82. The monoisotopic (exact) mass is 738 g/mol. The Bertz CT molecular complexity index is 3420. The number of nitrogens with zero attached hydrogens (tertiary/aromatic N) is 4. The van der Waals surface area contributed by atoms with Crippen LogP contribution in [0.4, 0.5) is 0 Å². The minimum absolute atomic E-state index is 1.14. The molecule has 4 nitrogen and oxygen atoms in total. The third-order valence-electron chi connectivity index (χ3n) is 12.4. The van der Waals surface area contributed by atoms with Crippen LogP contribution in [0.25, 0.3) is 110 Å². The standard InChI is InChI=1S/C54H34N4/c1-7-19-47-39(13-1)40-14-2-8-20-48(40)55(47)35-25-29-37(30-26-35)57-51-23-11-5-17-43(51)45-34-54-46(33-53(45)57)44-18-6-12-24-52(44)58(54)38-31-27-36(28-32-38)56-49-21-9-3-15-41(49)42-16-4-10-22-50(42)56/h1-34H. The fraction of sp³-hybridized carbons (Fsp3) is 0. The largest absolute Gasteiger partial charge is 0.309 e. The second kappa shape index (κ2) is 11.8. The minimum Gasteiger partial charge on any atom is -0.309 e. The van der Waals surface area contributed by atoms with Crippen LogP contribution < -0.4 is 0 Å². The van der Waals surface area contributed by atoms with Crippen molar-refractivity contribution in [1.29, 1.82) is 0 Å². The molecule has 0 aliphatic rings. The average molecular weight is 739 g/mol. The molecule has 4 heterocycles. The van der Waals surface area contributed by atoms with Crippen molar-refractivity contribution in [3.63, 3.8) is 0 Å². The Kier molecular flexibility index (Phi) is 6.41. The summed E-state index contributed by atoms with van der Waals surface area (Å²) in [6, 6.07) is 75.4. The highest BCUT2D eigenvalue weighted by molar-refractivity contribution is 6.19. The summed E-state index contributed by atoms with van der Waals surface area (Å²) in [5, 5.41) is 10.0. The molecule has 13 aromatic rings. The Balaban J connectivity index is 0.990. The fourth-order valence-electron chi connectivity index (χ4n) is 9.89. The minimum atomic E-state index is 1.14. The number of para-hydroxylation sites is 6. The van der Waals surface area contributed by atoms with E-state index in [1.54, 1.807) is 0 Å². The zero-order valence-corrected chi connectivity index (χ0v) is 31.4. The van der Waals surface area contributed by atoms with Gasteiger partial charge in [0.25, 0.3) is 0 Å². The molecule has 0 unspecified atom stereocenters. The van der Waals surface area contributed by atoms with Crippen LogP contribution in [0, 0.1) is 0 Å². The topological polar surface area (TPSA) is 19.7 Å². The van der Waals surface area contributed by atoms with Gasteiger partial charge in [0, 0.05) is 65.8 Å². The predicted octanol–water partition coefficient (Wildman–Crippen LogP) is 14.1. The molecule has 4 heteroatoms. The highest BCUT2D eigenvalue weighted by Crippen LogP contribution is 2.41. The van der Waals surface area contributed by atoms with E-state index in [1.807, 2.05) is 0 Å². The van der Waals surface area contributed by atoms with Crippen LogP contribution in [0.5, 0.6) is 0 Å². The molecule has 0 amide bonds. The summed E-state index contributed by atoms with van der Waals surface area (Å²) < 4.78 is 9.64. The van der Waals surface area contributed by atoms with E-state index in [0.29, 0.717) is 0 Å². The molecule has 0 N–H and O–H groups in total. The molecular weight excluding hydrogens is 705 g/mol. The van der Waals surface area contributed by atoms with Crippen molar-refractivity contribution in [3.05, 3.63) is 206 Å². The van der Waals surface area contributed by atoms with Crippen LogP contribution in [-0.2, 0) is 0 Å². The first kappa shape index (κ1) is 31.4. The van der Waals surface area contributed by atoms with E-state index in [4.69, 9.17) is 0 Å². The molecular formula is C54H34N4. The van der Waals surface area contributed by atoms with Crippen molar-refractivity contribution in [1.82, 2.24) is 18.3 Å². The average Bonchev–Trinajstić information content (AvgIpc) is 4.01. The highest BCUT2D eigenvalue weighted by Gasteiger charge is 2.20. The van der Waals surface area contributed by atoms with Gasteiger partial charge in [-0.3, -0.25) is 0 Å². The van der Waals surface area contributed by atoms with Gasteiger partial charge in [-0.05, 0) is 97.1 Å². The summed E-state index contributed by atoms with van der Waals surface area (Å²) in [7, 11) is 0. The third-order valence-corrected chi connectivity index (χ3v) is 12.4. The van der Waals surface area contributed by atoms with Crippen LogP contribution in [0.1, 0.15) is 0 Å². The van der Waals surface area contributed by atoms with Gasteiger partial charge in [-0.15, -0.1) is 0 Å². The zero-order valence-electron chi connectivity index (χ0n) is 31.4. The van der Waals surface area contributed by atoms with Gasteiger partial charge in [-0.1, -0.05) is 109 Å². The summed E-state index contributed by atoms with van der Waals surface area (Å²) in [4.78, 5) is 0. The summed E-state index contributed by atoms with van der Waals surface area (Å²) in [5.74, 6) is 0. The number of aromatic nitrogens is 4. The Morgan fingerprint density at radius 2 is 0.362 bits per heavy atom. The summed E-state index contributed by atoms with van der Waals surface area (Å²) in [5.41, 5.74) is 14.2. The maximum absolute atomic E-state index is 2.44. The van der Waals surface area contributed by atoms with E-state index in [2.05, 4.69) is 225 Å². The number of benzene rings is 9. The lowest BCUT2D eigenvalue weighted by Crippen LogP contribution is -1.98. The van der Waals surface area contributed by atoms with Gasteiger partial charge >= 0.3 is 0 Å². The van der Waals surface area contributed by atoms with E-state index >= 15 is 0 Å². The van der Waals surface area contributed by atoms with Gasteiger partial charge in [0.1, 0.15) is 0 Å². The second-order valence-electron chi connectivity index (χ2n) is 15.4. The van der Waals surface area contributed by atoms with Crippen LogP contribution in [-0.4, -0.2) is 18.3 Å². The molecule has 58 heavy (non-hydrogen) atoms. The summed E-state index contributed by atoms with van der Waals surface area (Å²) >= 11 is 0. The van der Waals surface area contributed by atoms with Gasteiger partial charge < -0.3 is 18.3 Å². The van der Waals surface area contributed by atoms with Gasteiger partial charge in [-0.25, -0.2) is 0 Å². The van der Waals surface area contributed by atoms with Crippen LogP contribution in [0.2, 0.25) is 0 Å². The lowest BCUT2D eigenvalue weighted by molar-refractivity contribution is 1.14. The molecule has 0 radical (unpaired) electrons. The lowest BCUT2D eigenvalue weighted by Gasteiger charge is -2.12. The van der Waals surface area contributed by atoms with Gasteiger partial charge in [0.2, 0.25) is 0 Å². The van der Waals surface area contributed by atoms with Crippen molar-refractivity contribution in [2.45, 2.75) is 0 Å². The number of rotatable bonds is 4. The first-order valence-electron chi connectivity index (χ1n) is 19.9. The fourth-order valence-corrected chi connectivity index (χ4v) is 9.89. The quantitative estimate of drug-likeness (QED) is 0.171. The number of hydrogen-bond acceptors (Lipinski definition) is 0. The van der Waals surface area contributed by atoms with Crippen LogP contribution >= 0.6 is 0 Å². The Morgan fingerprint density at radius 1 is 0.172 bits per heavy atom. The first-order chi connectivity index (χ1) is 28.8. The van der Waals surface area contributed by atoms with E-state index in [9.17, 15) is 0 Å². The second-order valence-corrected chi connectivity index (χ2v) is 15.4. The van der Waals surface area contributed by atoms with Crippen molar-refractivity contribution < 1.29 is 0 Å². The molecule has 4 aromatic heterocycles. The molecule has 0 spiro atoms. The SMILES string of the molecule is c1ccc2c(c1)c1ccccc1n2-c1ccc(-n2c3ccccc3c3cc4c(cc32)c2ccccc2n4-c2ccc(-n3c4ccccc4c4ccccc43)cc2)cc1. The smallest absolute Gasteiger partial charge is 0.0548 e. The first-order valence-corrected chi connectivity index (χ1v) is 19.9. The lowest BCUT2D eigenvalue weighted by atomic mass is 10.1. The molecule has 0 aliphatic carbocycles. The molecule has 9 aromatic carbocycles. The summed E-state index contributed by atoms with van der Waals surface area (Å²) in [6.45, 7) is 0. The van der Waals surface area contributed by atoms with Gasteiger partial charge in [-0.2, -0.15) is 0 Å². The molecule has 0 bridgehead atoms. The molecule has 13 rings (SSSR count). The summed E-state index contributed by atoms with van der Waals surface area (Å²) in [6.07, 6.45) is 0. The maximum atomic E-state index is 2.44. The van der Waals surface area contributed by atoms with Crippen molar-refractivity contribution in [3.8, 4) is 22.7 Å². The van der Waals surface area contributed by atoms with E-state index in [1.165, 1.54) is 87.2 Å². The molecule has 0 atom stereocenters.